The largest absolute Gasteiger partial charge is 0.480 e. The Kier molecular flexibility index (Phi) is 5.18. The van der Waals surface area contributed by atoms with Gasteiger partial charge in [0.2, 0.25) is 10.0 Å². The standard InChI is InChI=1S/C12H13F4NO4S/c1-6(2)10(11(18)19)17-22(20,21)9-4-3-7(5-8(9)13)12(14,15)16/h3-6,10,17H,1-2H3,(H,18,19)/t10-/m1/s1. The maximum atomic E-state index is 13.7. The molecule has 0 fully saturated rings. The summed E-state index contributed by atoms with van der Waals surface area (Å²) in [6.07, 6.45) is -4.82. The van der Waals surface area contributed by atoms with Crippen molar-refractivity contribution in [1.82, 2.24) is 4.72 Å². The van der Waals surface area contributed by atoms with E-state index in [1.807, 2.05) is 0 Å². The predicted octanol–water partition coefficient (Wildman–Crippen LogP) is 2.23. The summed E-state index contributed by atoms with van der Waals surface area (Å²) in [5.74, 6) is -3.74. The van der Waals surface area contributed by atoms with E-state index in [-0.39, 0.29) is 6.07 Å². The van der Waals surface area contributed by atoms with E-state index in [0.29, 0.717) is 12.1 Å². The van der Waals surface area contributed by atoms with Crippen molar-refractivity contribution in [2.24, 2.45) is 5.92 Å². The molecular weight excluding hydrogens is 330 g/mol. The molecule has 0 unspecified atom stereocenters. The lowest BCUT2D eigenvalue weighted by molar-refractivity contribution is -0.140. The average Bonchev–Trinajstić information content (AvgIpc) is 2.33. The first-order valence-electron chi connectivity index (χ1n) is 5.98. The Morgan fingerprint density at radius 2 is 1.82 bits per heavy atom. The van der Waals surface area contributed by atoms with Crippen LogP contribution in [0, 0.1) is 11.7 Å². The molecule has 1 aromatic rings. The molecule has 0 aromatic heterocycles. The molecule has 10 heteroatoms. The number of carboxylic acid groups (broad SMARTS) is 1. The number of carboxylic acids is 1. The van der Waals surface area contributed by atoms with E-state index < -0.39 is 50.4 Å². The van der Waals surface area contributed by atoms with Crippen LogP contribution in [0.5, 0.6) is 0 Å². The van der Waals surface area contributed by atoms with Crippen LogP contribution in [0.25, 0.3) is 0 Å². The molecule has 0 aliphatic heterocycles. The van der Waals surface area contributed by atoms with Crippen LogP contribution in [0.2, 0.25) is 0 Å². The molecule has 1 atom stereocenters. The number of aliphatic carboxylic acids is 1. The number of benzene rings is 1. The van der Waals surface area contributed by atoms with Gasteiger partial charge in [-0.3, -0.25) is 4.79 Å². The van der Waals surface area contributed by atoms with Crippen molar-refractivity contribution in [2.45, 2.75) is 31.0 Å². The van der Waals surface area contributed by atoms with Crippen LogP contribution in [-0.4, -0.2) is 25.5 Å². The van der Waals surface area contributed by atoms with Gasteiger partial charge in [0.15, 0.2) is 0 Å². The average molecular weight is 343 g/mol. The molecule has 0 aliphatic carbocycles. The molecule has 5 nitrogen and oxygen atoms in total. The lowest BCUT2D eigenvalue weighted by Crippen LogP contribution is -2.44. The first-order chi connectivity index (χ1) is 9.86. The van der Waals surface area contributed by atoms with Crippen molar-refractivity contribution in [3.63, 3.8) is 0 Å². The smallest absolute Gasteiger partial charge is 0.416 e. The number of rotatable bonds is 5. The molecule has 0 saturated heterocycles. The van der Waals surface area contributed by atoms with Gasteiger partial charge >= 0.3 is 12.1 Å². The maximum absolute atomic E-state index is 13.7. The molecule has 1 rings (SSSR count). The van der Waals surface area contributed by atoms with Crippen molar-refractivity contribution in [3.8, 4) is 0 Å². The van der Waals surface area contributed by atoms with E-state index in [1.165, 1.54) is 13.8 Å². The van der Waals surface area contributed by atoms with Gasteiger partial charge in [-0.05, 0) is 24.1 Å². The molecule has 0 spiro atoms. The van der Waals surface area contributed by atoms with Crippen molar-refractivity contribution < 1.29 is 35.9 Å². The van der Waals surface area contributed by atoms with Gasteiger partial charge in [-0.2, -0.15) is 17.9 Å². The van der Waals surface area contributed by atoms with Gasteiger partial charge in [0, 0.05) is 0 Å². The molecule has 0 saturated carbocycles. The summed E-state index contributed by atoms with van der Waals surface area (Å²) in [5.41, 5.74) is -1.34. The highest BCUT2D eigenvalue weighted by molar-refractivity contribution is 7.89. The number of hydrogen-bond donors (Lipinski definition) is 2. The van der Waals surface area contributed by atoms with Crippen molar-refractivity contribution in [1.29, 1.82) is 0 Å². The van der Waals surface area contributed by atoms with Gasteiger partial charge in [-0.25, -0.2) is 12.8 Å². The minimum absolute atomic E-state index is 0.0414. The fourth-order valence-electron chi connectivity index (χ4n) is 1.60. The van der Waals surface area contributed by atoms with E-state index in [0.717, 1.165) is 0 Å². The fraction of sp³-hybridized carbons (Fsp3) is 0.417. The van der Waals surface area contributed by atoms with Gasteiger partial charge in [-0.1, -0.05) is 13.8 Å². The van der Waals surface area contributed by atoms with Crippen LogP contribution in [0.3, 0.4) is 0 Å². The summed E-state index contributed by atoms with van der Waals surface area (Å²) >= 11 is 0. The molecule has 0 amide bonds. The third kappa shape index (κ3) is 4.17. The zero-order valence-electron chi connectivity index (χ0n) is 11.5. The fourth-order valence-corrected chi connectivity index (χ4v) is 2.99. The summed E-state index contributed by atoms with van der Waals surface area (Å²) in [4.78, 5) is 9.90. The predicted molar refractivity (Wildman–Crippen MR) is 68.0 cm³/mol. The third-order valence-corrected chi connectivity index (χ3v) is 4.24. The lowest BCUT2D eigenvalue weighted by atomic mass is 10.1. The second kappa shape index (κ2) is 6.21. The Morgan fingerprint density at radius 1 is 1.27 bits per heavy atom. The van der Waals surface area contributed by atoms with E-state index in [1.54, 1.807) is 4.72 Å². The Labute approximate surface area is 124 Å². The molecular formula is C12H13F4NO4S. The van der Waals surface area contributed by atoms with Crippen LogP contribution in [0.4, 0.5) is 17.6 Å². The summed E-state index contributed by atoms with van der Waals surface area (Å²) in [5, 5.41) is 8.90. The van der Waals surface area contributed by atoms with E-state index >= 15 is 0 Å². The number of alkyl halides is 3. The zero-order chi connectivity index (χ0) is 17.3. The van der Waals surface area contributed by atoms with Gasteiger partial charge in [-0.15, -0.1) is 0 Å². The molecule has 22 heavy (non-hydrogen) atoms. The molecule has 0 bridgehead atoms. The number of carbonyl (C=O) groups is 1. The minimum Gasteiger partial charge on any atom is -0.480 e. The number of nitrogens with one attached hydrogen (secondary N) is 1. The number of hydrogen-bond acceptors (Lipinski definition) is 3. The Hall–Kier alpha value is -1.68. The highest BCUT2D eigenvalue weighted by atomic mass is 32.2. The lowest BCUT2D eigenvalue weighted by Gasteiger charge is -2.18. The highest BCUT2D eigenvalue weighted by Gasteiger charge is 2.34. The molecule has 0 aliphatic rings. The van der Waals surface area contributed by atoms with E-state index in [2.05, 4.69) is 0 Å². The van der Waals surface area contributed by atoms with Crippen LogP contribution in [0.1, 0.15) is 19.4 Å². The summed E-state index contributed by atoms with van der Waals surface area (Å²) in [6.45, 7) is 2.84. The number of halogens is 4. The summed E-state index contributed by atoms with van der Waals surface area (Å²) < 4.78 is 76.5. The molecule has 0 heterocycles. The van der Waals surface area contributed by atoms with Crippen LogP contribution in [-0.2, 0) is 21.0 Å². The Balaban J connectivity index is 3.21. The van der Waals surface area contributed by atoms with Gasteiger partial charge in [0.25, 0.3) is 0 Å². The first kappa shape index (κ1) is 18.4. The topological polar surface area (TPSA) is 83.5 Å². The van der Waals surface area contributed by atoms with Crippen LogP contribution < -0.4 is 4.72 Å². The van der Waals surface area contributed by atoms with Crippen molar-refractivity contribution in [3.05, 3.63) is 29.6 Å². The molecule has 2 N–H and O–H groups in total. The van der Waals surface area contributed by atoms with E-state index in [4.69, 9.17) is 5.11 Å². The van der Waals surface area contributed by atoms with E-state index in [9.17, 15) is 30.8 Å². The van der Waals surface area contributed by atoms with Crippen molar-refractivity contribution in [2.75, 3.05) is 0 Å². The zero-order valence-corrected chi connectivity index (χ0v) is 12.3. The molecule has 0 radical (unpaired) electrons. The first-order valence-corrected chi connectivity index (χ1v) is 7.46. The molecule has 1 aromatic carbocycles. The normalized spacial score (nSPS) is 14.1. The van der Waals surface area contributed by atoms with Gasteiger partial charge in [0.1, 0.15) is 16.8 Å². The van der Waals surface area contributed by atoms with Crippen molar-refractivity contribution >= 4 is 16.0 Å². The second-order valence-corrected chi connectivity index (χ2v) is 6.51. The van der Waals surface area contributed by atoms with Gasteiger partial charge in [0.05, 0.1) is 5.56 Å². The third-order valence-electron chi connectivity index (χ3n) is 2.76. The summed E-state index contributed by atoms with van der Waals surface area (Å²) in [7, 11) is -4.62. The maximum Gasteiger partial charge on any atom is 0.416 e. The Morgan fingerprint density at radius 3 is 2.18 bits per heavy atom. The van der Waals surface area contributed by atoms with Crippen LogP contribution >= 0.6 is 0 Å². The van der Waals surface area contributed by atoms with Crippen LogP contribution in [0.15, 0.2) is 23.1 Å². The number of sulfonamides is 1. The van der Waals surface area contributed by atoms with Gasteiger partial charge < -0.3 is 5.11 Å². The quantitative estimate of drug-likeness (QED) is 0.803. The second-order valence-electron chi connectivity index (χ2n) is 4.82. The Bertz CT molecular complexity index is 670. The SMILES string of the molecule is CC(C)[C@@H](NS(=O)(=O)c1ccc(C(F)(F)F)cc1F)C(=O)O. The minimum atomic E-state index is -4.82. The molecule has 124 valence electrons. The highest BCUT2D eigenvalue weighted by Crippen LogP contribution is 2.31. The monoisotopic (exact) mass is 343 g/mol. The summed E-state index contributed by atoms with van der Waals surface area (Å²) in [6, 6.07) is -0.644.